The molecule has 8 nitrogen and oxygen atoms in total. The fourth-order valence-corrected chi connectivity index (χ4v) is 3.56. The molecule has 0 aliphatic heterocycles. The van der Waals surface area contributed by atoms with Gasteiger partial charge in [0.05, 0.1) is 0 Å². The lowest BCUT2D eigenvalue weighted by atomic mass is 10.0. The number of benzene rings is 2. The third-order valence-electron chi connectivity index (χ3n) is 4.87. The number of alkyl carbamates (subject to hydrolysis) is 1. The first-order valence-corrected chi connectivity index (χ1v) is 11.7. The van der Waals surface area contributed by atoms with Gasteiger partial charge in [0.25, 0.3) is 0 Å². The average molecular weight is 488 g/mol. The monoisotopic (exact) mass is 487 g/mol. The predicted octanol–water partition coefficient (Wildman–Crippen LogP) is 3.42. The van der Waals surface area contributed by atoms with Gasteiger partial charge in [0.2, 0.25) is 11.8 Å². The first-order valence-electron chi connectivity index (χ1n) is 11.1. The van der Waals surface area contributed by atoms with E-state index in [2.05, 4.69) is 23.3 Å². The molecule has 2 aromatic rings. The Kier molecular flexibility index (Phi) is 9.80. The predicted molar refractivity (Wildman–Crippen MR) is 134 cm³/mol. The van der Waals surface area contributed by atoms with E-state index in [1.54, 1.807) is 39.8 Å². The van der Waals surface area contributed by atoms with E-state index in [0.717, 1.165) is 5.56 Å². The number of amides is 3. The highest BCUT2D eigenvalue weighted by Crippen LogP contribution is 2.24. The van der Waals surface area contributed by atoms with E-state index in [9.17, 15) is 19.5 Å². The Bertz CT molecular complexity index is 961. The summed E-state index contributed by atoms with van der Waals surface area (Å²) >= 11 is 4.23. The van der Waals surface area contributed by atoms with Crippen LogP contribution in [0.4, 0.5) is 4.79 Å². The maximum absolute atomic E-state index is 13.4. The van der Waals surface area contributed by atoms with Crippen LogP contribution in [0.15, 0.2) is 54.6 Å². The van der Waals surface area contributed by atoms with E-state index in [1.807, 2.05) is 30.3 Å². The number of carbonyl (C=O) groups excluding carboxylic acids is 3. The molecule has 0 aliphatic rings. The third-order valence-corrected chi connectivity index (χ3v) is 5.24. The second-order valence-electron chi connectivity index (χ2n) is 8.70. The van der Waals surface area contributed by atoms with E-state index >= 15 is 0 Å². The Morgan fingerprint density at radius 2 is 1.68 bits per heavy atom. The van der Waals surface area contributed by atoms with Crippen molar-refractivity contribution in [1.29, 1.82) is 0 Å². The summed E-state index contributed by atoms with van der Waals surface area (Å²) in [5.41, 5.74) is 0.702. The number of hydrogen-bond donors (Lipinski definition) is 4. The maximum atomic E-state index is 13.4. The molecule has 9 heteroatoms. The zero-order valence-corrected chi connectivity index (χ0v) is 20.8. The molecule has 0 saturated carbocycles. The number of likely N-dealkylation sites (N-methyl/N-ethyl adjacent to an activating group) is 1. The standard InChI is InChI=1S/C25H33N3O5S/c1-5-28(23(31)20(16-34)27-24(32)33-25(2,3)4)21(18-11-13-19(29)14-12-18)22(30)26-15-17-9-7-6-8-10-17/h6-14,20-21,29,34H,5,15-16H2,1-4H3,(H,26,30)(H,27,32). The van der Waals surface area contributed by atoms with Gasteiger partial charge in [-0.2, -0.15) is 12.6 Å². The zero-order valence-electron chi connectivity index (χ0n) is 19.9. The fraction of sp³-hybridized carbons (Fsp3) is 0.400. The molecule has 2 unspecified atom stereocenters. The summed E-state index contributed by atoms with van der Waals surface area (Å²) in [4.78, 5) is 40.4. The number of ether oxygens (including phenoxy) is 1. The number of thiol groups is 1. The molecular formula is C25H33N3O5S. The number of nitrogens with one attached hydrogen (secondary N) is 2. The molecule has 2 rings (SSSR count). The fourth-order valence-electron chi connectivity index (χ4n) is 3.31. The molecule has 0 spiro atoms. The molecule has 3 N–H and O–H groups in total. The van der Waals surface area contributed by atoms with E-state index in [-0.39, 0.29) is 30.5 Å². The maximum Gasteiger partial charge on any atom is 0.408 e. The molecule has 0 saturated heterocycles. The van der Waals surface area contributed by atoms with E-state index < -0.39 is 29.7 Å². The quantitative estimate of drug-likeness (QED) is 0.406. The van der Waals surface area contributed by atoms with Crippen molar-refractivity contribution in [2.24, 2.45) is 0 Å². The highest BCUT2D eigenvalue weighted by Gasteiger charge is 2.35. The van der Waals surface area contributed by atoms with Crippen LogP contribution in [0.1, 0.15) is 44.9 Å². The van der Waals surface area contributed by atoms with Crippen molar-refractivity contribution < 1.29 is 24.2 Å². The lowest BCUT2D eigenvalue weighted by Gasteiger charge is -2.33. The Hall–Kier alpha value is -3.20. The normalized spacial score (nSPS) is 12.9. The van der Waals surface area contributed by atoms with Crippen LogP contribution < -0.4 is 10.6 Å². The minimum Gasteiger partial charge on any atom is -0.508 e. The molecule has 3 amide bonds. The van der Waals surface area contributed by atoms with Crippen molar-refractivity contribution in [3.8, 4) is 5.75 Å². The smallest absolute Gasteiger partial charge is 0.408 e. The summed E-state index contributed by atoms with van der Waals surface area (Å²) in [7, 11) is 0. The minimum absolute atomic E-state index is 0.0164. The van der Waals surface area contributed by atoms with Gasteiger partial charge in [0.1, 0.15) is 23.4 Å². The summed E-state index contributed by atoms with van der Waals surface area (Å²) in [5.74, 6) is -0.805. The van der Waals surface area contributed by atoms with Crippen molar-refractivity contribution in [3.63, 3.8) is 0 Å². The van der Waals surface area contributed by atoms with Crippen LogP contribution in [0.25, 0.3) is 0 Å². The number of phenols is 1. The van der Waals surface area contributed by atoms with Gasteiger partial charge in [0.15, 0.2) is 0 Å². The number of phenolic OH excluding ortho intramolecular Hbond substituents is 1. The van der Waals surface area contributed by atoms with Gasteiger partial charge in [-0.3, -0.25) is 9.59 Å². The molecule has 184 valence electrons. The molecule has 0 aromatic heterocycles. The first kappa shape index (κ1) is 27.0. The summed E-state index contributed by atoms with van der Waals surface area (Å²) in [5, 5.41) is 15.1. The minimum atomic E-state index is -1.00. The van der Waals surface area contributed by atoms with Gasteiger partial charge in [-0.15, -0.1) is 0 Å². The Balaban J connectivity index is 2.29. The van der Waals surface area contributed by atoms with Crippen LogP contribution in [-0.2, 0) is 20.9 Å². The second kappa shape index (κ2) is 12.3. The van der Waals surface area contributed by atoms with Crippen LogP contribution in [0, 0.1) is 0 Å². The summed E-state index contributed by atoms with van der Waals surface area (Å²) in [6.07, 6.45) is -0.745. The number of aromatic hydroxyl groups is 1. The molecule has 0 aliphatic carbocycles. The largest absolute Gasteiger partial charge is 0.508 e. The topological polar surface area (TPSA) is 108 Å². The van der Waals surface area contributed by atoms with Crippen LogP contribution in [-0.4, -0.2) is 51.9 Å². The summed E-state index contributed by atoms with van der Waals surface area (Å²) < 4.78 is 5.27. The molecular weight excluding hydrogens is 454 g/mol. The molecule has 0 heterocycles. The van der Waals surface area contributed by atoms with Crippen molar-refractivity contribution in [1.82, 2.24) is 15.5 Å². The van der Waals surface area contributed by atoms with Crippen molar-refractivity contribution in [2.45, 2.75) is 51.9 Å². The van der Waals surface area contributed by atoms with E-state index in [1.165, 1.54) is 17.0 Å². The second-order valence-corrected chi connectivity index (χ2v) is 9.07. The van der Waals surface area contributed by atoms with Crippen molar-refractivity contribution >= 4 is 30.5 Å². The molecule has 0 bridgehead atoms. The van der Waals surface area contributed by atoms with Gasteiger partial charge in [-0.05, 0) is 51.0 Å². The lowest BCUT2D eigenvalue weighted by molar-refractivity contribution is -0.141. The van der Waals surface area contributed by atoms with Crippen LogP contribution in [0.5, 0.6) is 5.75 Å². The van der Waals surface area contributed by atoms with Crippen molar-refractivity contribution in [3.05, 3.63) is 65.7 Å². The summed E-state index contributed by atoms with van der Waals surface area (Å²) in [6, 6.07) is 13.5. The van der Waals surface area contributed by atoms with Crippen LogP contribution in [0.2, 0.25) is 0 Å². The third kappa shape index (κ3) is 7.98. The Labute approximate surface area is 206 Å². The average Bonchev–Trinajstić information content (AvgIpc) is 2.79. The SMILES string of the molecule is CCN(C(=O)C(CS)NC(=O)OC(C)(C)C)C(C(=O)NCc1ccccc1)c1ccc(O)cc1. The molecule has 34 heavy (non-hydrogen) atoms. The van der Waals surface area contributed by atoms with Crippen LogP contribution >= 0.6 is 12.6 Å². The first-order chi connectivity index (χ1) is 16.1. The molecule has 0 fully saturated rings. The van der Waals surface area contributed by atoms with E-state index in [4.69, 9.17) is 4.74 Å². The van der Waals surface area contributed by atoms with Crippen molar-refractivity contribution in [2.75, 3.05) is 12.3 Å². The number of carbonyl (C=O) groups is 3. The highest BCUT2D eigenvalue weighted by molar-refractivity contribution is 7.80. The molecule has 0 radical (unpaired) electrons. The van der Waals surface area contributed by atoms with E-state index in [0.29, 0.717) is 5.56 Å². The number of rotatable bonds is 9. The van der Waals surface area contributed by atoms with Crippen LogP contribution in [0.3, 0.4) is 0 Å². The lowest BCUT2D eigenvalue weighted by Crippen LogP contribution is -2.53. The number of hydrogen-bond acceptors (Lipinski definition) is 6. The van der Waals surface area contributed by atoms with Gasteiger partial charge in [0, 0.05) is 18.8 Å². The molecule has 2 aromatic carbocycles. The number of nitrogens with zero attached hydrogens (tertiary/aromatic N) is 1. The highest BCUT2D eigenvalue weighted by atomic mass is 32.1. The van der Waals surface area contributed by atoms with Gasteiger partial charge >= 0.3 is 6.09 Å². The van der Waals surface area contributed by atoms with Gasteiger partial charge in [-0.25, -0.2) is 4.79 Å². The molecule has 2 atom stereocenters. The van der Waals surface area contributed by atoms with Gasteiger partial charge in [-0.1, -0.05) is 42.5 Å². The van der Waals surface area contributed by atoms with Gasteiger partial charge < -0.3 is 25.4 Å². The Morgan fingerprint density at radius 3 is 2.21 bits per heavy atom. The zero-order chi connectivity index (χ0) is 25.3. The Morgan fingerprint density at radius 1 is 1.06 bits per heavy atom. The summed E-state index contributed by atoms with van der Waals surface area (Å²) in [6.45, 7) is 7.40.